The van der Waals surface area contributed by atoms with E-state index >= 15 is 0 Å². The lowest BCUT2D eigenvalue weighted by Crippen LogP contribution is -2.32. The zero-order valence-electron chi connectivity index (χ0n) is 21.0. The summed E-state index contributed by atoms with van der Waals surface area (Å²) in [6, 6.07) is 0. The normalized spacial score (nSPS) is 23.8. The Balaban J connectivity index is 2.65. The van der Waals surface area contributed by atoms with Crippen molar-refractivity contribution in [2.45, 2.75) is 61.0 Å². The highest BCUT2D eigenvalue weighted by atomic mass is 16.3. The van der Waals surface area contributed by atoms with Crippen LogP contribution in [0.15, 0.2) is 107 Å². The predicted octanol–water partition coefficient (Wildman–Crippen LogP) is 7.34. The second-order valence-electron chi connectivity index (χ2n) is 9.51. The van der Waals surface area contributed by atoms with Gasteiger partial charge in [0.1, 0.15) is 0 Å². The molecule has 0 bridgehead atoms. The fourth-order valence-corrected chi connectivity index (χ4v) is 3.76. The van der Waals surface area contributed by atoms with Crippen molar-refractivity contribution in [2.75, 3.05) is 6.61 Å². The van der Waals surface area contributed by atoms with E-state index in [4.69, 9.17) is 5.11 Å². The smallest absolute Gasteiger partial charge is 0.0729 e. The van der Waals surface area contributed by atoms with Crippen molar-refractivity contribution < 1.29 is 10.2 Å². The first-order valence-electron chi connectivity index (χ1n) is 11.4. The van der Waals surface area contributed by atoms with Crippen molar-refractivity contribution in [2.24, 2.45) is 11.3 Å². The number of hydrogen-bond acceptors (Lipinski definition) is 2. The van der Waals surface area contributed by atoms with Crippen LogP contribution in [0.4, 0.5) is 0 Å². The van der Waals surface area contributed by atoms with Gasteiger partial charge >= 0.3 is 0 Å². The molecule has 2 heteroatoms. The molecule has 0 aliphatic heterocycles. The third-order valence-corrected chi connectivity index (χ3v) is 5.61. The SMILES string of the molecule is CC(C=CC=C(C)C=CC1C(C)=CC(O)CC1(C)C)=CC=CC=C(C)C=CC=C(C)CO. The fourth-order valence-electron chi connectivity index (χ4n) is 3.76. The van der Waals surface area contributed by atoms with Crippen LogP contribution in [0.2, 0.25) is 0 Å². The fraction of sp³-hybridized carbons (Fsp3) is 0.400. The molecular formula is C30H42O2. The van der Waals surface area contributed by atoms with Crippen LogP contribution in [0.5, 0.6) is 0 Å². The van der Waals surface area contributed by atoms with E-state index in [1.807, 2.05) is 50.3 Å². The lowest BCUT2D eigenvalue weighted by molar-refractivity contribution is 0.117. The lowest BCUT2D eigenvalue weighted by Gasteiger charge is -2.38. The van der Waals surface area contributed by atoms with Gasteiger partial charge in [0.05, 0.1) is 12.7 Å². The summed E-state index contributed by atoms with van der Waals surface area (Å²) in [5, 5.41) is 19.0. The molecule has 32 heavy (non-hydrogen) atoms. The molecule has 0 radical (unpaired) electrons. The number of aliphatic hydroxyl groups is 2. The van der Waals surface area contributed by atoms with Gasteiger partial charge in [0.2, 0.25) is 0 Å². The Morgan fingerprint density at radius 2 is 1.38 bits per heavy atom. The van der Waals surface area contributed by atoms with E-state index in [0.29, 0.717) is 5.92 Å². The van der Waals surface area contributed by atoms with Crippen LogP contribution in [-0.4, -0.2) is 22.9 Å². The van der Waals surface area contributed by atoms with Gasteiger partial charge in [-0.25, -0.2) is 0 Å². The van der Waals surface area contributed by atoms with Crippen molar-refractivity contribution in [1.82, 2.24) is 0 Å². The molecule has 0 saturated carbocycles. The first-order chi connectivity index (χ1) is 15.0. The summed E-state index contributed by atoms with van der Waals surface area (Å²) >= 11 is 0. The summed E-state index contributed by atoms with van der Waals surface area (Å²) in [7, 11) is 0. The predicted molar refractivity (Wildman–Crippen MR) is 140 cm³/mol. The highest BCUT2D eigenvalue weighted by Crippen LogP contribution is 2.41. The van der Waals surface area contributed by atoms with Gasteiger partial charge < -0.3 is 10.2 Å². The Kier molecular flexibility index (Phi) is 12.0. The molecule has 0 aromatic rings. The average Bonchev–Trinajstić information content (AvgIpc) is 2.69. The van der Waals surface area contributed by atoms with E-state index in [1.54, 1.807) is 0 Å². The third-order valence-electron chi connectivity index (χ3n) is 5.61. The zero-order valence-corrected chi connectivity index (χ0v) is 21.0. The van der Waals surface area contributed by atoms with Crippen LogP contribution in [-0.2, 0) is 0 Å². The second-order valence-corrected chi connectivity index (χ2v) is 9.51. The van der Waals surface area contributed by atoms with E-state index in [9.17, 15) is 5.11 Å². The quantitative estimate of drug-likeness (QED) is 0.294. The Labute approximate surface area is 196 Å². The summed E-state index contributed by atoms with van der Waals surface area (Å²) < 4.78 is 0. The molecule has 2 atom stereocenters. The number of aliphatic hydroxyl groups excluding tert-OH is 2. The maximum Gasteiger partial charge on any atom is 0.0729 e. The zero-order chi connectivity index (χ0) is 24.1. The standard InChI is InChI=1S/C30H42O2/c1-23(12-8-9-13-24(2)15-11-17-26(4)22-31)14-10-16-25(3)18-19-29-27(5)20-28(32)21-30(29,6)7/h8-20,28-29,31-32H,21-22H2,1-7H3. The van der Waals surface area contributed by atoms with Gasteiger partial charge in [-0.3, -0.25) is 0 Å². The van der Waals surface area contributed by atoms with Crippen LogP contribution in [0, 0.1) is 11.3 Å². The molecule has 0 aromatic heterocycles. The second kappa shape index (κ2) is 13.9. The molecule has 2 unspecified atom stereocenters. The van der Waals surface area contributed by atoms with Gasteiger partial charge in [0, 0.05) is 5.92 Å². The molecule has 0 amide bonds. The highest BCUT2D eigenvalue weighted by molar-refractivity contribution is 5.32. The number of rotatable bonds is 9. The topological polar surface area (TPSA) is 40.5 Å². The highest BCUT2D eigenvalue weighted by Gasteiger charge is 2.34. The minimum Gasteiger partial charge on any atom is -0.392 e. The van der Waals surface area contributed by atoms with Gasteiger partial charge in [-0.05, 0) is 52.0 Å². The van der Waals surface area contributed by atoms with Gasteiger partial charge in [-0.15, -0.1) is 0 Å². The Morgan fingerprint density at radius 3 is 1.91 bits per heavy atom. The molecule has 174 valence electrons. The summed E-state index contributed by atoms with van der Waals surface area (Å²) in [5.41, 5.74) is 5.79. The Bertz CT molecular complexity index is 880. The molecule has 0 heterocycles. The first kappa shape index (κ1) is 27.6. The molecule has 0 spiro atoms. The van der Waals surface area contributed by atoms with Crippen LogP contribution < -0.4 is 0 Å². The maximum atomic E-state index is 10.00. The monoisotopic (exact) mass is 434 g/mol. The largest absolute Gasteiger partial charge is 0.392 e. The van der Waals surface area contributed by atoms with E-state index in [1.165, 1.54) is 16.7 Å². The van der Waals surface area contributed by atoms with E-state index < -0.39 is 0 Å². The lowest BCUT2D eigenvalue weighted by atomic mass is 9.67. The molecule has 1 aliphatic carbocycles. The van der Waals surface area contributed by atoms with Crippen LogP contribution >= 0.6 is 0 Å². The van der Waals surface area contributed by atoms with Gasteiger partial charge in [-0.1, -0.05) is 115 Å². The molecular weight excluding hydrogens is 392 g/mol. The first-order valence-corrected chi connectivity index (χ1v) is 11.4. The molecule has 2 nitrogen and oxygen atoms in total. The number of allylic oxidation sites excluding steroid dienone is 16. The molecule has 1 aliphatic rings. The van der Waals surface area contributed by atoms with Crippen LogP contribution in [0.3, 0.4) is 0 Å². The number of hydrogen-bond donors (Lipinski definition) is 2. The molecule has 2 N–H and O–H groups in total. The molecule has 1 rings (SSSR count). The summed E-state index contributed by atoms with van der Waals surface area (Å²) in [5.74, 6) is 0.353. The summed E-state index contributed by atoms with van der Waals surface area (Å²) in [6.45, 7) is 14.8. The summed E-state index contributed by atoms with van der Waals surface area (Å²) in [4.78, 5) is 0. The van der Waals surface area contributed by atoms with E-state index in [2.05, 4.69) is 77.2 Å². The van der Waals surface area contributed by atoms with Crippen molar-refractivity contribution in [3.63, 3.8) is 0 Å². The Morgan fingerprint density at radius 1 is 0.875 bits per heavy atom. The molecule has 0 aromatic carbocycles. The van der Waals surface area contributed by atoms with Gasteiger partial charge in [0.15, 0.2) is 0 Å². The summed E-state index contributed by atoms with van der Waals surface area (Å²) in [6.07, 6.45) is 27.3. The van der Waals surface area contributed by atoms with Crippen molar-refractivity contribution in [3.8, 4) is 0 Å². The van der Waals surface area contributed by atoms with Crippen molar-refractivity contribution in [3.05, 3.63) is 107 Å². The molecule has 0 fully saturated rings. The third kappa shape index (κ3) is 10.7. The van der Waals surface area contributed by atoms with Crippen LogP contribution in [0.25, 0.3) is 0 Å². The van der Waals surface area contributed by atoms with Crippen LogP contribution in [0.1, 0.15) is 54.9 Å². The van der Waals surface area contributed by atoms with Crippen molar-refractivity contribution in [1.29, 1.82) is 0 Å². The van der Waals surface area contributed by atoms with E-state index in [0.717, 1.165) is 17.6 Å². The average molecular weight is 435 g/mol. The van der Waals surface area contributed by atoms with Gasteiger partial charge in [-0.2, -0.15) is 0 Å². The molecule has 0 saturated heterocycles. The van der Waals surface area contributed by atoms with E-state index in [-0.39, 0.29) is 18.1 Å². The van der Waals surface area contributed by atoms with Crippen molar-refractivity contribution >= 4 is 0 Å². The van der Waals surface area contributed by atoms with Gasteiger partial charge in [0.25, 0.3) is 0 Å². The maximum absolute atomic E-state index is 10.00. The minimum absolute atomic E-state index is 0.0637. The Hall–Kier alpha value is -2.42. The minimum atomic E-state index is -0.327.